The number of hydrogen-bond donors (Lipinski definition) is 0. The van der Waals surface area contributed by atoms with Crippen LogP contribution in [0.25, 0.3) is 0 Å². The Labute approximate surface area is 245 Å². The average molecular weight is 627 g/mol. The zero-order valence-corrected chi connectivity index (χ0v) is 26.1. The van der Waals surface area contributed by atoms with Gasteiger partial charge in [-0.1, -0.05) is 68.7 Å². The molecule has 2 aromatic rings. The molecule has 0 radical (unpaired) electrons. The van der Waals surface area contributed by atoms with Gasteiger partial charge in [-0.25, -0.2) is 0 Å². The topological polar surface area (TPSA) is 80.8 Å². The Morgan fingerprint density at radius 2 is 1.43 bits per heavy atom. The molecular formula is C32H36BrNO5S. The van der Waals surface area contributed by atoms with Gasteiger partial charge in [0.2, 0.25) is 0 Å². The summed E-state index contributed by atoms with van der Waals surface area (Å²) in [5, 5.41) is 0. The molecule has 0 fully saturated rings. The fourth-order valence-corrected chi connectivity index (χ4v) is 7.78. The minimum atomic E-state index is -4.16. The number of benzene rings is 2. The highest BCUT2D eigenvalue weighted by Crippen LogP contribution is 2.55. The van der Waals surface area contributed by atoms with Gasteiger partial charge in [0.25, 0.3) is 0 Å². The first-order chi connectivity index (χ1) is 18.7. The summed E-state index contributed by atoms with van der Waals surface area (Å²) >= 11 is 3.55. The number of halogens is 1. The molecule has 8 heteroatoms. The quantitative estimate of drug-likeness (QED) is 0.313. The summed E-state index contributed by atoms with van der Waals surface area (Å²) in [6, 6.07) is 13.1. The van der Waals surface area contributed by atoms with Crippen LogP contribution in [0.1, 0.15) is 78.2 Å². The second-order valence-electron chi connectivity index (χ2n) is 12.7. The van der Waals surface area contributed by atoms with E-state index in [2.05, 4.69) is 55.4 Å². The van der Waals surface area contributed by atoms with E-state index in [4.69, 9.17) is 4.18 Å². The van der Waals surface area contributed by atoms with Crippen molar-refractivity contribution in [1.29, 1.82) is 0 Å². The van der Waals surface area contributed by atoms with Gasteiger partial charge in [0.05, 0.1) is 0 Å². The Hall–Kier alpha value is -2.71. The van der Waals surface area contributed by atoms with Crippen molar-refractivity contribution in [2.24, 2.45) is 10.8 Å². The Morgan fingerprint density at radius 3 is 1.95 bits per heavy atom. The molecular weight excluding hydrogens is 590 g/mol. The fourth-order valence-electron chi connectivity index (χ4n) is 6.43. The molecule has 0 bridgehead atoms. The second-order valence-corrected chi connectivity index (χ2v) is 15.2. The van der Waals surface area contributed by atoms with E-state index < -0.39 is 16.0 Å². The molecule has 2 aromatic carbocycles. The van der Waals surface area contributed by atoms with Crippen molar-refractivity contribution in [3.8, 4) is 5.75 Å². The lowest BCUT2D eigenvalue weighted by molar-refractivity contribution is -0.119. The summed E-state index contributed by atoms with van der Waals surface area (Å²) in [5.41, 5.74) is 3.14. The number of ketones is 2. The first-order valence-corrected chi connectivity index (χ1v) is 16.0. The summed E-state index contributed by atoms with van der Waals surface area (Å²) in [4.78, 5) is 30.3. The van der Waals surface area contributed by atoms with Gasteiger partial charge in [0, 0.05) is 57.9 Å². The number of carbonyl (C=O) groups is 2. The maximum absolute atomic E-state index is 14.0. The minimum Gasteiger partial charge on any atom is -0.379 e. The number of rotatable bonds is 6. The summed E-state index contributed by atoms with van der Waals surface area (Å²) in [6.45, 7) is 11.2. The van der Waals surface area contributed by atoms with Crippen LogP contribution in [0.4, 0.5) is 0 Å². The maximum atomic E-state index is 14.0. The molecule has 3 aliphatic rings. The van der Waals surface area contributed by atoms with E-state index in [1.807, 2.05) is 0 Å². The van der Waals surface area contributed by atoms with Gasteiger partial charge in [-0.3, -0.25) is 9.59 Å². The van der Waals surface area contributed by atoms with Gasteiger partial charge >= 0.3 is 10.1 Å². The third-order valence-corrected chi connectivity index (χ3v) is 9.72. The van der Waals surface area contributed by atoms with E-state index in [-0.39, 0.29) is 33.0 Å². The molecule has 0 atom stereocenters. The largest absolute Gasteiger partial charge is 0.379 e. The van der Waals surface area contributed by atoms with E-state index in [0.29, 0.717) is 53.4 Å². The average Bonchev–Trinajstić information content (AvgIpc) is 2.85. The highest BCUT2D eigenvalue weighted by atomic mass is 79.9. The lowest BCUT2D eigenvalue weighted by Gasteiger charge is -2.49. The van der Waals surface area contributed by atoms with E-state index in [1.165, 1.54) is 12.1 Å². The monoisotopic (exact) mass is 625 g/mol. The predicted octanol–water partition coefficient (Wildman–Crippen LogP) is 7.31. The first kappa shape index (κ1) is 28.8. The van der Waals surface area contributed by atoms with Crippen molar-refractivity contribution in [2.75, 3.05) is 6.54 Å². The van der Waals surface area contributed by atoms with Crippen LogP contribution < -0.4 is 4.18 Å². The normalized spacial score (nSPS) is 20.9. The molecule has 40 heavy (non-hydrogen) atoms. The van der Waals surface area contributed by atoms with Crippen molar-refractivity contribution in [3.05, 3.63) is 81.1 Å². The summed E-state index contributed by atoms with van der Waals surface area (Å²) in [7, 11) is -4.16. The number of nitrogens with zero attached hydrogens (tertiary/aromatic N) is 1. The maximum Gasteiger partial charge on any atom is 0.339 e. The van der Waals surface area contributed by atoms with Crippen LogP contribution >= 0.6 is 15.9 Å². The molecule has 0 saturated heterocycles. The van der Waals surface area contributed by atoms with Crippen LogP contribution in [0.2, 0.25) is 0 Å². The molecule has 1 heterocycles. The minimum absolute atomic E-state index is 0.00150. The lowest BCUT2D eigenvalue weighted by Crippen LogP contribution is -2.44. The molecule has 5 rings (SSSR count). The van der Waals surface area contributed by atoms with E-state index >= 15 is 0 Å². The summed E-state index contributed by atoms with van der Waals surface area (Å²) in [5.74, 6) is -0.588. The summed E-state index contributed by atoms with van der Waals surface area (Å²) < 4.78 is 33.1. The number of hydrogen-bond acceptors (Lipinski definition) is 6. The van der Waals surface area contributed by atoms with Crippen LogP contribution in [-0.2, 0) is 19.7 Å². The lowest BCUT2D eigenvalue weighted by atomic mass is 9.63. The first-order valence-electron chi connectivity index (χ1n) is 13.8. The molecule has 212 valence electrons. The highest BCUT2D eigenvalue weighted by Gasteiger charge is 2.49. The van der Waals surface area contributed by atoms with Crippen LogP contribution in [0.3, 0.4) is 0 Å². The number of allylic oxidation sites excluding steroid dienone is 4. The van der Waals surface area contributed by atoms with Crippen molar-refractivity contribution in [2.45, 2.75) is 77.5 Å². The van der Waals surface area contributed by atoms with Crippen molar-refractivity contribution >= 4 is 37.6 Å². The highest BCUT2D eigenvalue weighted by molar-refractivity contribution is 9.10. The molecule has 0 aromatic heterocycles. The molecule has 2 aliphatic carbocycles. The molecule has 0 N–H and O–H groups in total. The number of carbonyl (C=O) groups excluding carboxylic acids is 2. The van der Waals surface area contributed by atoms with E-state index in [0.717, 1.165) is 17.8 Å². The van der Waals surface area contributed by atoms with Gasteiger partial charge < -0.3 is 9.08 Å². The Bertz CT molecular complexity index is 1500. The molecule has 0 spiro atoms. The van der Waals surface area contributed by atoms with Crippen molar-refractivity contribution in [3.63, 3.8) is 0 Å². The second kappa shape index (κ2) is 10.3. The van der Waals surface area contributed by atoms with Crippen LogP contribution in [0, 0.1) is 10.8 Å². The van der Waals surface area contributed by atoms with Crippen molar-refractivity contribution < 1.29 is 22.2 Å². The van der Waals surface area contributed by atoms with Gasteiger partial charge in [-0.05, 0) is 60.4 Å². The Kier molecular flexibility index (Phi) is 7.41. The third kappa shape index (κ3) is 5.32. The Balaban J connectivity index is 1.76. The van der Waals surface area contributed by atoms with Gasteiger partial charge in [-0.2, -0.15) is 8.42 Å². The van der Waals surface area contributed by atoms with Gasteiger partial charge in [-0.15, -0.1) is 0 Å². The van der Waals surface area contributed by atoms with Crippen LogP contribution in [0.5, 0.6) is 5.75 Å². The molecule has 6 nitrogen and oxygen atoms in total. The fraction of sp³-hybridized carbons (Fsp3) is 0.438. The zero-order valence-electron chi connectivity index (χ0n) is 23.7. The van der Waals surface area contributed by atoms with E-state index in [9.17, 15) is 18.0 Å². The number of Topliss-reactive ketones (excluding diaryl/α,β-unsaturated/α-hetero) is 2. The molecule has 0 unspecified atom stereocenters. The smallest absolute Gasteiger partial charge is 0.339 e. The Morgan fingerprint density at radius 1 is 0.875 bits per heavy atom. The van der Waals surface area contributed by atoms with Gasteiger partial charge in [0.1, 0.15) is 10.6 Å². The molecule has 0 saturated carbocycles. The third-order valence-electron chi connectivity index (χ3n) is 7.98. The summed E-state index contributed by atoms with van der Waals surface area (Å²) in [6.07, 6.45) is 2.97. The predicted molar refractivity (Wildman–Crippen MR) is 158 cm³/mol. The SMILES string of the molecule is CCCN1C2=C(C(=O)CC(C)(C)C2)C(c2cc(Br)ccc2OS(=O)(=O)c2ccccc2)C2=C1CC(C)(C)CC2=O. The zero-order chi connectivity index (χ0) is 29.0. The van der Waals surface area contributed by atoms with Crippen LogP contribution in [-0.4, -0.2) is 31.4 Å². The van der Waals surface area contributed by atoms with Gasteiger partial charge in [0.15, 0.2) is 11.6 Å². The van der Waals surface area contributed by atoms with Crippen molar-refractivity contribution in [1.82, 2.24) is 4.90 Å². The van der Waals surface area contributed by atoms with E-state index in [1.54, 1.807) is 36.4 Å². The molecule has 0 amide bonds. The van der Waals surface area contributed by atoms with Crippen LogP contribution in [0.15, 0.2) is 80.4 Å². The standard InChI is InChI=1S/C32H36BrNO5S/c1-6-14-34-23-16-31(2,3)18-25(35)29(23)28(30-24(34)17-32(4,5)19-26(30)36)22-15-20(33)12-13-27(22)39-40(37,38)21-10-8-7-9-11-21/h7-13,15,28H,6,14,16-19H2,1-5H3. The molecule has 1 aliphatic heterocycles.